The van der Waals surface area contributed by atoms with Gasteiger partial charge < -0.3 is 48.1 Å². The number of carbonyl (C=O) groups excluding carboxylic acids is 4. The average molecular weight is 935 g/mol. The molecule has 0 spiro atoms. The van der Waals surface area contributed by atoms with Gasteiger partial charge in [0.2, 0.25) is 23.6 Å². The van der Waals surface area contributed by atoms with Crippen LogP contribution in [-0.2, 0) is 53.1 Å². The number of nitrogens with zero attached hydrogens (tertiary/aromatic N) is 2. The first-order valence-electron chi connectivity index (χ1n) is 20.9. The van der Waals surface area contributed by atoms with Gasteiger partial charge in [-0.2, -0.15) is 0 Å². The molecule has 0 aliphatic carbocycles. The highest BCUT2D eigenvalue weighted by molar-refractivity contribution is 5.88. The quantitative estimate of drug-likeness (QED) is 0.0467. The Morgan fingerprint density at radius 2 is 1.27 bits per heavy atom. The van der Waals surface area contributed by atoms with Crippen LogP contribution in [0.4, 0.5) is 8.78 Å². The predicted molar refractivity (Wildman–Crippen MR) is 236 cm³/mol. The standard InChI is InChI=1S/C45H52F2N8O12/c1-24(42(61)62)51-40(59)32(48)21-50-36(56)18-15-34(43(63)64)53-38(58)19-16-35(44(65)66)52-37(57)17-14-26-8-6-11-28(20-26)39-25(2)54(22-29-30(46)12-7-13-31(29)47)45(67)55(41(39)60)23-33(49)27-9-4-3-5-10-27/h3-13,20,24,32-35H,14-19,21-23,48-49H2,1-2H3,(H,50,56)(H,51,59)(H,52,57)(H,53,58)(H,61,62)(H,63,64)(H,65,66)/t24?,32?,33-,34?,35?/m0/s1. The zero-order chi connectivity index (χ0) is 49.5. The van der Waals surface area contributed by atoms with Gasteiger partial charge in [0.15, 0.2) is 0 Å². The number of aromatic nitrogens is 2. The molecule has 22 heteroatoms. The lowest BCUT2D eigenvalue weighted by Crippen LogP contribution is -2.51. The smallest absolute Gasteiger partial charge is 0.331 e. The molecule has 0 radical (unpaired) electrons. The van der Waals surface area contributed by atoms with E-state index in [0.29, 0.717) is 16.7 Å². The van der Waals surface area contributed by atoms with Gasteiger partial charge in [0.25, 0.3) is 5.56 Å². The molecule has 11 N–H and O–H groups in total. The first-order valence-corrected chi connectivity index (χ1v) is 20.9. The van der Waals surface area contributed by atoms with Crippen molar-refractivity contribution in [3.8, 4) is 11.1 Å². The number of amides is 4. The Bertz CT molecular complexity index is 2580. The zero-order valence-corrected chi connectivity index (χ0v) is 36.5. The van der Waals surface area contributed by atoms with Crippen LogP contribution in [0.2, 0.25) is 0 Å². The summed E-state index contributed by atoms with van der Waals surface area (Å²) in [6.45, 7) is 1.44. The number of carbonyl (C=O) groups is 7. The molecule has 3 aromatic carbocycles. The number of halogens is 2. The van der Waals surface area contributed by atoms with Gasteiger partial charge in [-0.25, -0.2) is 23.2 Å². The van der Waals surface area contributed by atoms with Crippen LogP contribution in [0.25, 0.3) is 11.1 Å². The van der Waals surface area contributed by atoms with Crippen molar-refractivity contribution in [3.05, 3.63) is 128 Å². The summed E-state index contributed by atoms with van der Waals surface area (Å²) >= 11 is 0. The number of carboxylic acid groups (broad SMARTS) is 3. The molecule has 0 fully saturated rings. The van der Waals surface area contributed by atoms with Crippen LogP contribution in [0.5, 0.6) is 0 Å². The molecule has 20 nitrogen and oxygen atoms in total. The fraction of sp³-hybridized carbons (Fsp3) is 0.356. The minimum absolute atomic E-state index is 0.0234. The van der Waals surface area contributed by atoms with Crippen molar-refractivity contribution in [1.29, 1.82) is 0 Å². The Hall–Kier alpha value is -7.59. The second kappa shape index (κ2) is 24.1. The summed E-state index contributed by atoms with van der Waals surface area (Å²) in [6.07, 6.45) is -2.05. The van der Waals surface area contributed by atoms with Crippen molar-refractivity contribution in [2.45, 2.75) is 95.7 Å². The van der Waals surface area contributed by atoms with Gasteiger partial charge in [-0.1, -0.05) is 60.7 Å². The highest BCUT2D eigenvalue weighted by Crippen LogP contribution is 2.23. The van der Waals surface area contributed by atoms with E-state index in [9.17, 15) is 62.1 Å². The number of hydrogen-bond donors (Lipinski definition) is 9. The van der Waals surface area contributed by atoms with Crippen molar-refractivity contribution in [1.82, 2.24) is 30.4 Å². The molecule has 358 valence electrons. The third-order valence-corrected chi connectivity index (χ3v) is 10.7. The van der Waals surface area contributed by atoms with Gasteiger partial charge in [-0.05, 0) is 61.9 Å². The van der Waals surface area contributed by atoms with Crippen LogP contribution in [0, 0.1) is 18.6 Å². The Morgan fingerprint density at radius 3 is 1.85 bits per heavy atom. The van der Waals surface area contributed by atoms with E-state index in [1.54, 1.807) is 54.6 Å². The van der Waals surface area contributed by atoms with E-state index in [1.165, 1.54) is 19.9 Å². The first kappa shape index (κ1) is 52.0. The van der Waals surface area contributed by atoms with Crippen LogP contribution in [-0.4, -0.2) is 96.7 Å². The van der Waals surface area contributed by atoms with Crippen LogP contribution in [0.15, 0.2) is 82.4 Å². The lowest BCUT2D eigenvalue weighted by Gasteiger charge is -2.20. The molecule has 4 rings (SSSR count). The minimum atomic E-state index is -1.57. The third-order valence-electron chi connectivity index (χ3n) is 10.7. The molecule has 4 unspecified atom stereocenters. The molecule has 1 heterocycles. The summed E-state index contributed by atoms with van der Waals surface area (Å²) < 4.78 is 31.7. The molecular formula is C45H52F2N8O12. The van der Waals surface area contributed by atoms with E-state index < -0.39 is 139 Å². The van der Waals surface area contributed by atoms with Gasteiger partial charge in [-0.3, -0.25) is 37.9 Å². The number of hydrogen-bond acceptors (Lipinski definition) is 11. The number of nitrogens with two attached hydrogens (primary N) is 2. The molecular weight excluding hydrogens is 883 g/mol. The number of aryl methyl sites for hydroxylation is 1. The number of aliphatic carboxylic acids is 3. The molecule has 0 saturated carbocycles. The van der Waals surface area contributed by atoms with E-state index in [2.05, 4.69) is 21.3 Å². The molecule has 4 amide bonds. The van der Waals surface area contributed by atoms with Crippen molar-refractivity contribution >= 4 is 41.5 Å². The van der Waals surface area contributed by atoms with Gasteiger partial charge in [0, 0.05) is 43.1 Å². The summed E-state index contributed by atoms with van der Waals surface area (Å²) in [5.41, 5.74) is 11.7. The summed E-state index contributed by atoms with van der Waals surface area (Å²) in [7, 11) is 0. The number of carboxylic acids is 3. The van der Waals surface area contributed by atoms with Crippen molar-refractivity contribution in [3.63, 3.8) is 0 Å². The van der Waals surface area contributed by atoms with Gasteiger partial charge in [0.05, 0.1) is 18.7 Å². The Kier molecular flexibility index (Phi) is 18.7. The lowest BCUT2D eigenvalue weighted by atomic mass is 10.00. The largest absolute Gasteiger partial charge is 0.480 e. The lowest BCUT2D eigenvalue weighted by molar-refractivity contribution is -0.143. The normalized spacial score (nSPS) is 13.3. The first-order chi connectivity index (χ1) is 31.7. The van der Waals surface area contributed by atoms with Crippen molar-refractivity contribution < 1.29 is 57.7 Å². The molecule has 0 bridgehead atoms. The van der Waals surface area contributed by atoms with Gasteiger partial charge >= 0.3 is 23.6 Å². The molecule has 0 aliphatic rings. The summed E-state index contributed by atoms with van der Waals surface area (Å²) in [5.74, 6) is -9.28. The monoisotopic (exact) mass is 934 g/mol. The Morgan fingerprint density at radius 1 is 0.701 bits per heavy atom. The molecule has 5 atom stereocenters. The third kappa shape index (κ3) is 14.7. The fourth-order valence-electron chi connectivity index (χ4n) is 6.85. The van der Waals surface area contributed by atoms with Crippen LogP contribution in [0.3, 0.4) is 0 Å². The second-order valence-corrected chi connectivity index (χ2v) is 15.6. The molecule has 1 aromatic heterocycles. The van der Waals surface area contributed by atoms with E-state index in [1.807, 2.05) is 0 Å². The Labute approximate surface area is 381 Å². The summed E-state index contributed by atoms with van der Waals surface area (Å²) in [5, 5.41) is 37.3. The molecule has 0 aliphatic heterocycles. The highest BCUT2D eigenvalue weighted by Gasteiger charge is 2.26. The Balaban J connectivity index is 1.40. The molecule has 0 saturated heterocycles. The zero-order valence-electron chi connectivity index (χ0n) is 36.5. The van der Waals surface area contributed by atoms with Crippen LogP contribution < -0.4 is 44.0 Å². The van der Waals surface area contributed by atoms with Gasteiger partial charge in [0.1, 0.15) is 35.8 Å². The molecule has 67 heavy (non-hydrogen) atoms. The minimum Gasteiger partial charge on any atom is -0.480 e. The van der Waals surface area contributed by atoms with Crippen LogP contribution >= 0.6 is 0 Å². The van der Waals surface area contributed by atoms with E-state index in [0.717, 1.165) is 21.3 Å². The number of benzene rings is 3. The van der Waals surface area contributed by atoms with Crippen molar-refractivity contribution in [2.24, 2.45) is 11.5 Å². The second-order valence-electron chi connectivity index (χ2n) is 15.6. The van der Waals surface area contributed by atoms with E-state index in [4.69, 9.17) is 16.6 Å². The van der Waals surface area contributed by atoms with E-state index in [-0.39, 0.29) is 30.6 Å². The highest BCUT2D eigenvalue weighted by atomic mass is 19.1. The topological polar surface area (TPSA) is 324 Å². The van der Waals surface area contributed by atoms with E-state index >= 15 is 0 Å². The predicted octanol–water partition coefficient (Wildman–Crippen LogP) is 0.677. The molecule has 4 aromatic rings. The SMILES string of the molecule is Cc1c(-c2cccc(CCC(=O)NC(CCC(=O)NC(CCC(=O)NCC(N)C(=O)NC(C)C(=O)O)C(=O)O)C(=O)O)c2)c(=O)n(C[C@H](N)c2ccccc2)c(=O)n1Cc1c(F)cccc1F. The summed E-state index contributed by atoms with van der Waals surface area (Å²) in [4.78, 5) is 113. The fourth-order valence-corrected chi connectivity index (χ4v) is 6.85. The maximum absolute atomic E-state index is 14.9. The van der Waals surface area contributed by atoms with Crippen molar-refractivity contribution in [2.75, 3.05) is 6.54 Å². The maximum atomic E-state index is 14.9. The maximum Gasteiger partial charge on any atom is 0.331 e. The number of nitrogens with one attached hydrogen (secondary N) is 4. The summed E-state index contributed by atoms with van der Waals surface area (Å²) in [6, 6.07) is 11.9. The van der Waals surface area contributed by atoms with Gasteiger partial charge in [-0.15, -0.1) is 0 Å². The van der Waals surface area contributed by atoms with Crippen LogP contribution in [0.1, 0.15) is 67.5 Å². The number of rotatable bonds is 24. The average Bonchev–Trinajstić information content (AvgIpc) is 3.28.